The van der Waals surface area contributed by atoms with Crippen molar-refractivity contribution in [3.05, 3.63) is 29.8 Å². The lowest BCUT2D eigenvalue weighted by atomic mass is 10.1. The molecule has 1 aromatic rings. The zero-order valence-electron chi connectivity index (χ0n) is 15.1. The Morgan fingerprint density at radius 3 is 2.44 bits per heavy atom. The van der Waals surface area contributed by atoms with Crippen LogP contribution in [0.5, 0.6) is 5.75 Å². The Morgan fingerprint density at radius 2 is 1.88 bits per heavy atom. The summed E-state index contributed by atoms with van der Waals surface area (Å²) in [4.78, 5) is 23.8. The van der Waals surface area contributed by atoms with E-state index in [1.165, 1.54) is 0 Å². The van der Waals surface area contributed by atoms with Crippen molar-refractivity contribution in [1.29, 1.82) is 0 Å². The first-order chi connectivity index (χ1) is 11.7. The van der Waals surface area contributed by atoms with Crippen LogP contribution in [0.25, 0.3) is 0 Å². The van der Waals surface area contributed by atoms with E-state index in [4.69, 9.17) is 15.2 Å². The Hall–Kier alpha value is -2.12. The van der Waals surface area contributed by atoms with Gasteiger partial charge in [-0.05, 0) is 70.8 Å². The van der Waals surface area contributed by atoms with E-state index in [-0.39, 0.29) is 5.75 Å². The van der Waals surface area contributed by atoms with E-state index in [1.807, 2.05) is 12.1 Å². The summed E-state index contributed by atoms with van der Waals surface area (Å²) in [5, 5.41) is 12.4. The van der Waals surface area contributed by atoms with E-state index < -0.39 is 23.8 Å². The fourth-order valence-corrected chi connectivity index (χ4v) is 2.10. The largest absolute Gasteiger partial charge is 0.516 e. The third-order valence-corrected chi connectivity index (χ3v) is 3.30. The molecule has 4 N–H and O–H groups in total. The molecule has 7 nitrogen and oxygen atoms in total. The SMILES string of the molecule is CC(C)(C)OC(=O)OC(=O)[C@H](CCCN)NCCc1ccc(O)cc1. The van der Waals surface area contributed by atoms with Crippen LogP contribution in [-0.2, 0) is 20.7 Å². The van der Waals surface area contributed by atoms with Gasteiger partial charge in [-0.1, -0.05) is 12.1 Å². The Bertz CT molecular complexity index is 552. The number of phenols is 1. The molecule has 1 atom stereocenters. The fourth-order valence-electron chi connectivity index (χ4n) is 2.10. The number of rotatable bonds is 8. The molecule has 0 aliphatic rings. The van der Waals surface area contributed by atoms with Crippen molar-refractivity contribution in [1.82, 2.24) is 5.32 Å². The molecule has 7 heteroatoms. The number of ether oxygens (including phenoxy) is 2. The predicted octanol–water partition coefficient (Wildman–Crippen LogP) is 2.11. The summed E-state index contributed by atoms with van der Waals surface area (Å²) in [6, 6.07) is 6.21. The molecule has 0 unspecified atom stereocenters. The summed E-state index contributed by atoms with van der Waals surface area (Å²) in [5.41, 5.74) is 5.79. The number of esters is 1. The molecular formula is C18H28N2O5. The van der Waals surface area contributed by atoms with Gasteiger partial charge in [0.25, 0.3) is 0 Å². The van der Waals surface area contributed by atoms with E-state index in [0.717, 1.165) is 5.56 Å². The maximum Gasteiger partial charge on any atom is 0.516 e. The van der Waals surface area contributed by atoms with Crippen molar-refractivity contribution < 1.29 is 24.2 Å². The topological polar surface area (TPSA) is 111 Å². The van der Waals surface area contributed by atoms with E-state index in [1.54, 1.807) is 32.9 Å². The molecule has 0 saturated heterocycles. The highest BCUT2D eigenvalue weighted by atomic mass is 16.7. The maximum atomic E-state index is 12.2. The maximum absolute atomic E-state index is 12.2. The smallest absolute Gasteiger partial charge is 0.508 e. The van der Waals surface area contributed by atoms with E-state index >= 15 is 0 Å². The number of carbonyl (C=O) groups is 2. The molecule has 1 rings (SSSR count). The van der Waals surface area contributed by atoms with Crippen LogP contribution in [0.4, 0.5) is 4.79 Å². The molecule has 0 aliphatic heterocycles. The van der Waals surface area contributed by atoms with Gasteiger partial charge in [0.05, 0.1) is 0 Å². The molecule has 140 valence electrons. The lowest BCUT2D eigenvalue weighted by Crippen LogP contribution is -2.41. The van der Waals surface area contributed by atoms with Crippen LogP contribution in [0, 0.1) is 0 Å². The number of carbonyl (C=O) groups excluding carboxylic acids is 2. The monoisotopic (exact) mass is 352 g/mol. The van der Waals surface area contributed by atoms with Crippen LogP contribution in [-0.4, -0.2) is 42.0 Å². The van der Waals surface area contributed by atoms with Gasteiger partial charge in [-0.3, -0.25) is 0 Å². The summed E-state index contributed by atoms with van der Waals surface area (Å²) in [6.45, 7) is 6.04. The van der Waals surface area contributed by atoms with Crippen LogP contribution < -0.4 is 11.1 Å². The standard InChI is InChI=1S/C18H28N2O5/c1-18(2,3)25-17(23)24-16(22)15(5-4-11-19)20-12-10-13-6-8-14(21)9-7-13/h6-9,15,20-21H,4-5,10-12,19H2,1-3H3/t15-/m0/s1. The number of hydrogen-bond acceptors (Lipinski definition) is 7. The lowest BCUT2D eigenvalue weighted by molar-refractivity contribution is -0.144. The molecule has 0 heterocycles. The van der Waals surface area contributed by atoms with Crippen molar-refractivity contribution in [2.75, 3.05) is 13.1 Å². The van der Waals surface area contributed by atoms with Gasteiger partial charge in [0.1, 0.15) is 17.4 Å². The number of phenolic OH excluding ortho intramolecular Hbond substituents is 1. The second-order valence-electron chi connectivity index (χ2n) is 6.74. The first-order valence-corrected chi connectivity index (χ1v) is 8.37. The Morgan fingerprint density at radius 1 is 1.24 bits per heavy atom. The van der Waals surface area contributed by atoms with Gasteiger partial charge in [0.15, 0.2) is 0 Å². The molecule has 0 aromatic heterocycles. The summed E-state index contributed by atoms with van der Waals surface area (Å²) >= 11 is 0. The summed E-state index contributed by atoms with van der Waals surface area (Å²) in [6.07, 6.45) is 0.753. The number of nitrogens with one attached hydrogen (secondary N) is 1. The van der Waals surface area contributed by atoms with Gasteiger partial charge >= 0.3 is 12.1 Å². The quantitative estimate of drug-likeness (QED) is 0.485. The molecule has 0 spiro atoms. The lowest BCUT2D eigenvalue weighted by Gasteiger charge is -2.20. The van der Waals surface area contributed by atoms with Crippen molar-refractivity contribution in [3.8, 4) is 5.75 Å². The van der Waals surface area contributed by atoms with Crippen LogP contribution in [0.1, 0.15) is 39.2 Å². The zero-order valence-corrected chi connectivity index (χ0v) is 15.1. The fraction of sp³-hybridized carbons (Fsp3) is 0.556. The summed E-state index contributed by atoms with van der Waals surface area (Å²) < 4.78 is 9.76. The van der Waals surface area contributed by atoms with Gasteiger partial charge in [-0.15, -0.1) is 0 Å². The second-order valence-corrected chi connectivity index (χ2v) is 6.74. The molecular weight excluding hydrogens is 324 g/mol. The van der Waals surface area contributed by atoms with Crippen molar-refractivity contribution in [2.45, 2.75) is 51.7 Å². The third kappa shape index (κ3) is 9.07. The van der Waals surface area contributed by atoms with Crippen molar-refractivity contribution in [2.24, 2.45) is 5.73 Å². The minimum absolute atomic E-state index is 0.207. The highest BCUT2D eigenvalue weighted by Crippen LogP contribution is 2.11. The van der Waals surface area contributed by atoms with Gasteiger partial charge < -0.3 is 25.6 Å². The third-order valence-electron chi connectivity index (χ3n) is 3.30. The van der Waals surface area contributed by atoms with Crippen molar-refractivity contribution >= 4 is 12.1 Å². The number of benzene rings is 1. The van der Waals surface area contributed by atoms with Crippen LogP contribution in [0.2, 0.25) is 0 Å². The summed E-state index contributed by atoms with van der Waals surface area (Å²) in [5.74, 6) is -0.466. The van der Waals surface area contributed by atoms with E-state index in [2.05, 4.69) is 5.32 Å². The molecule has 0 bridgehead atoms. The van der Waals surface area contributed by atoms with Gasteiger partial charge in [-0.2, -0.15) is 0 Å². The molecule has 25 heavy (non-hydrogen) atoms. The van der Waals surface area contributed by atoms with Gasteiger partial charge in [0.2, 0.25) is 0 Å². The highest BCUT2D eigenvalue weighted by Gasteiger charge is 2.25. The average Bonchev–Trinajstić information content (AvgIpc) is 2.50. The number of aromatic hydroxyl groups is 1. The molecule has 0 amide bonds. The highest BCUT2D eigenvalue weighted by molar-refractivity contribution is 5.85. The molecule has 0 saturated carbocycles. The molecule has 1 aromatic carbocycles. The molecule has 0 aliphatic carbocycles. The van der Waals surface area contributed by atoms with Crippen LogP contribution >= 0.6 is 0 Å². The zero-order chi connectivity index (χ0) is 18.9. The van der Waals surface area contributed by atoms with E-state index in [0.29, 0.717) is 32.4 Å². The Balaban J connectivity index is 2.52. The minimum atomic E-state index is -1.00. The summed E-state index contributed by atoms with van der Waals surface area (Å²) in [7, 11) is 0. The first-order valence-electron chi connectivity index (χ1n) is 8.37. The van der Waals surface area contributed by atoms with E-state index in [9.17, 15) is 14.7 Å². The van der Waals surface area contributed by atoms with Crippen LogP contribution in [0.15, 0.2) is 24.3 Å². The second kappa shape index (κ2) is 10.0. The normalized spacial score (nSPS) is 12.5. The predicted molar refractivity (Wildman–Crippen MR) is 94.2 cm³/mol. The Kier molecular flexibility index (Phi) is 8.37. The first kappa shape index (κ1) is 20.9. The average molecular weight is 352 g/mol. The minimum Gasteiger partial charge on any atom is -0.508 e. The van der Waals surface area contributed by atoms with Gasteiger partial charge in [-0.25, -0.2) is 9.59 Å². The molecule has 0 fully saturated rings. The van der Waals surface area contributed by atoms with Gasteiger partial charge in [0, 0.05) is 0 Å². The number of hydrogen-bond donors (Lipinski definition) is 3. The Labute approximate surface area is 148 Å². The van der Waals surface area contributed by atoms with Crippen molar-refractivity contribution in [3.63, 3.8) is 0 Å². The van der Waals surface area contributed by atoms with Crippen LogP contribution in [0.3, 0.4) is 0 Å². The molecule has 0 radical (unpaired) electrons. The number of nitrogens with two attached hydrogens (primary N) is 1.